The lowest BCUT2D eigenvalue weighted by Gasteiger charge is -2.23. The van der Waals surface area contributed by atoms with Crippen LogP contribution < -0.4 is 10.2 Å². The number of halogens is 1. The number of rotatable bonds is 7. The quantitative estimate of drug-likeness (QED) is 0.799. The van der Waals surface area contributed by atoms with Gasteiger partial charge in [-0.2, -0.15) is 0 Å². The summed E-state index contributed by atoms with van der Waals surface area (Å²) in [6, 6.07) is 5.61. The third-order valence-electron chi connectivity index (χ3n) is 3.49. The highest BCUT2D eigenvalue weighted by Gasteiger charge is 2.24. The minimum Gasteiger partial charge on any atom is -0.369 e. The molecule has 1 aromatic rings. The first-order chi connectivity index (χ1) is 8.74. The van der Waals surface area contributed by atoms with E-state index in [1.807, 2.05) is 12.1 Å². The first kappa shape index (κ1) is 13.3. The summed E-state index contributed by atoms with van der Waals surface area (Å²) < 4.78 is 14.1. The summed E-state index contributed by atoms with van der Waals surface area (Å²) in [6.45, 7) is 7.67. The van der Waals surface area contributed by atoms with Gasteiger partial charge in [0.05, 0.1) is 5.69 Å². The van der Waals surface area contributed by atoms with Crippen LogP contribution >= 0.6 is 0 Å². The Morgan fingerprint density at radius 2 is 2.11 bits per heavy atom. The maximum atomic E-state index is 14.1. The Hall–Kier alpha value is -1.09. The molecule has 3 heteroatoms. The lowest BCUT2D eigenvalue weighted by Crippen LogP contribution is -2.26. The molecule has 0 unspecified atom stereocenters. The monoisotopic (exact) mass is 250 g/mol. The number of anilines is 1. The largest absolute Gasteiger partial charge is 0.369 e. The fourth-order valence-corrected chi connectivity index (χ4v) is 2.20. The summed E-state index contributed by atoms with van der Waals surface area (Å²) in [5.74, 6) is 0.693. The molecule has 1 aliphatic rings. The molecule has 0 saturated heterocycles. The van der Waals surface area contributed by atoms with Crippen LogP contribution in [0.15, 0.2) is 18.2 Å². The molecule has 18 heavy (non-hydrogen) atoms. The van der Waals surface area contributed by atoms with E-state index in [0.29, 0.717) is 0 Å². The SMILES string of the molecule is CCNCc1ccc(N(CC)CC2CC2)c(F)c1. The number of hydrogen-bond donors (Lipinski definition) is 1. The van der Waals surface area contributed by atoms with Crippen LogP contribution in [-0.2, 0) is 6.54 Å². The predicted octanol–water partition coefficient (Wildman–Crippen LogP) is 3.17. The van der Waals surface area contributed by atoms with Gasteiger partial charge in [0.15, 0.2) is 0 Å². The van der Waals surface area contributed by atoms with E-state index in [0.717, 1.165) is 43.3 Å². The smallest absolute Gasteiger partial charge is 0.146 e. The number of nitrogens with one attached hydrogen (secondary N) is 1. The Balaban J connectivity index is 2.06. The van der Waals surface area contributed by atoms with E-state index in [-0.39, 0.29) is 5.82 Å². The summed E-state index contributed by atoms with van der Waals surface area (Å²) in [6.07, 6.45) is 2.60. The predicted molar refractivity (Wildman–Crippen MR) is 74.4 cm³/mol. The Bertz CT molecular complexity index is 388. The van der Waals surface area contributed by atoms with E-state index >= 15 is 0 Å². The van der Waals surface area contributed by atoms with Crippen molar-refractivity contribution in [3.8, 4) is 0 Å². The van der Waals surface area contributed by atoms with Crippen molar-refractivity contribution in [2.24, 2.45) is 5.92 Å². The van der Waals surface area contributed by atoms with Gasteiger partial charge >= 0.3 is 0 Å². The van der Waals surface area contributed by atoms with Gasteiger partial charge in [-0.3, -0.25) is 0 Å². The normalized spacial score (nSPS) is 14.8. The molecule has 0 aromatic heterocycles. The van der Waals surface area contributed by atoms with Gasteiger partial charge in [0.25, 0.3) is 0 Å². The molecule has 1 fully saturated rings. The molecule has 0 heterocycles. The number of benzene rings is 1. The highest BCUT2D eigenvalue weighted by molar-refractivity contribution is 5.49. The van der Waals surface area contributed by atoms with Gasteiger partial charge in [-0.15, -0.1) is 0 Å². The zero-order valence-corrected chi connectivity index (χ0v) is 11.4. The van der Waals surface area contributed by atoms with Crippen molar-refractivity contribution in [3.05, 3.63) is 29.6 Å². The Labute approximate surface area is 109 Å². The minimum atomic E-state index is -0.0899. The van der Waals surface area contributed by atoms with E-state index in [9.17, 15) is 4.39 Å². The fraction of sp³-hybridized carbons (Fsp3) is 0.600. The van der Waals surface area contributed by atoms with E-state index in [1.54, 1.807) is 6.07 Å². The molecule has 1 aromatic carbocycles. The van der Waals surface area contributed by atoms with Gasteiger partial charge in [-0.1, -0.05) is 13.0 Å². The topological polar surface area (TPSA) is 15.3 Å². The highest BCUT2D eigenvalue weighted by atomic mass is 19.1. The van der Waals surface area contributed by atoms with Crippen molar-refractivity contribution < 1.29 is 4.39 Å². The van der Waals surface area contributed by atoms with Crippen LogP contribution in [0.5, 0.6) is 0 Å². The Kier molecular flexibility index (Phi) is 4.59. The van der Waals surface area contributed by atoms with Crippen molar-refractivity contribution in [2.75, 3.05) is 24.5 Å². The minimum absolute atomic E-state index is 0.0899. The Morgan fingerprint density at radius 3 is 2.67 bits per heavy atom. The van der Waals surface area contributed by atoms with Gasteiger partial charge < -0.3 is 10.2 Å². The van der Waals surface area contributed by atoms with Gasteiger partial charge in [0, 0.05) is 19.6 Å². The van der Waals surface area contributed by atoms with E-state index in [1.165, 1.54) is 12.8 Å². The van der Waals surface area contributed by atoms with Crippen molar-refractivity contribution >= 4 is 5.69 Å². The first-order valence-corrected chi connectivity index (χ1v) is 6.98. The van der Waals surface area contributed by atoms with Crippen LogP contribution in [0.3, 0.4) is 0 Å². The highest BCUT2D eigenvalue weighted by Crippen LogP contribution is 2.32. The van der Waals surface area contributed by atoms with E-state index < -0.39 is 0 Å². The average molecular weight is 250 g/mol. The van der Waals surface area contributed by atoms with Crippen molar-refractivity contribution in [3.63, 3.8) is 0 Å². The summed E-state index contributed by atoms with van der Waals surface area (Å²) in [5, 5.41) is 3.22. The standard InChI is InChI=1S/C15H23FN2/c1-3-17-10-13-7-8-15(14(16)9-13)18(4-2)11-12-5-6-12/h7-9,12,17H,3-6,10-11H2,1-2H3. The maximum Gasteiger partial charge on any atom is 0.146 e. The molecule has 0 radical (unpaired) electrons. The third-order valence-corrected chi connectivity index (χ3v) is 3.49. The summed E-state index contributed by atoms with van der Waals surface area (Å²) >= 11 is 0. The molecule has 2 nitrogen and oxygen atoms in total. The molecular formula is C15H23FN2. The molecule has 1 aliphatic carbocycles. The van der Waals surface area contributed by atoms with Crippen molar-refractivity contribution in [1.82, 2.24) is 5.32 Å². The van der Waals surface area contributed by atoms with Gasteiger partial charge in [-0.05, 0) is 49.9 Å². The van der Waals surface area contributed by atoms with Crippen molar-refractivity contribution in [1.29, 1.82) is 0 Å². The summed E-state index contributed by atoms with van der Waals surface area (Å²) in [7, 11) is 0. The van der Waals surface area contributed by atoms with Gasteiger partial charge in [0.2, 0.25) is 0 Å². The molecule has 1 N–H and O–H groups in total. The molecule has 0 aliphatic heterocycles. The average Bonchev–Trinajstić information content (AvgIpc) is 3.18. The molecule has 0 amide bonds. The number of nitrogens with zero attached hydrogens (tertiary/aromatic N) is 1. The molecule has 0 atom stereocenters. The van der Waals surface area contributed by atoms with Crippen LogP contribution in [0.2, 0.25) is 0 Å². The number of hydrogen-bond acceptors (Lipinski definition) is 2. The third kappa shape index (κ3) is 3.45. The molecule has 2 rings (SSSR count). The van der Waals surface area contributed by atoms with Crippen LogP contribution in [0.4, 0.5) is 10.1 Å². The second-order valence-electron chi connectivity index (χ2n) is 5.05. The molecule has 0 bridgehead atoms. The van der Waals surface area contributed by atoms with E-state index in [4.69, 9.17) is 0 Å². The summed E-state index contributed by atoms with van der Waals surface area (Å²) in [4.78, 5) is 2.16. The fourth-order valence-electron chi connectivity index (χ4n) is 2.20. The first-order valence-electron chi connectivity index (χ1n) is 6.98. The molecule has 1 saturated carbocycles. The molecule has 0 spiro atoms. The second kappa shape index (κ2) is 6.19. The van der Waals surface area contributed by atoms with Gasteiger partial charge in [0.1, 0.15) is 5.82 Å². The van der Waals surface area contributed by atoms with E-state index in [2.05, 4.69) is 24.1 Å². The zero-order chi connectivity index (χ0) is 13.0. The van der Waals surface area contributed by atoms with Crippen LogP contribution in [-0.4, -0.2) is 19.6 Å². The lowest BCUT2D eigenvalue weighted by atomic mass is 10.1. The maximum absolute atomic E-state index is 14.1. The van der Waals surface area contributed by atoms with Gasteiger partial charge in [-0.25, -0.2) is 4.39 Å². The molecular weight excluding hydrogens is 227 g/mol. The zero-order valence-electron chi connectivity index (χ0n) is 11.4. The second-order valence-corrected chi connectivity index (χ2v) is 5.05. The Morgan fingerprint density at radius 1 is 1.33 bits per heavy atom. The van der Waals surface area contributed by atoms with Crippen molar-refractivity contribution in [2.45, 2.75) is 33.2 Å². The van der Waals surface area contributed by atoms with Crippen LogP contribution in [0.25, 0.3) is 0 Å². The molecule has 100 valence electrons. The summed E-state index contributed by atoms with van der Waals surface area (Å²) in [5.41, 5.74) is 1.77. The van der Waals surface area contributed by atoms with Crippen LogP contribution in [0, 0.1) is 11.7 Å². The van der Waals surface area contributed by atoms with Crippen LogP contribution in [0.1, 0.15) is 32.3 Å². The lowest BCUT2D eigenvalue weighted by molar-refractivity contribution is 0.608.